The normalized spacial score (nSPS) is 15.8. The predicted molar refractivity (Wildman–Crippen MR) is 109 cm³/mol. The highest BCUT2D eigenvalue weighted by Gasteiger charge is 2.19. The molecule has 0 aliphatic carbocycles. The molecule has 3 aromatic rings. The lowest BCUT2D eigenvalue weighted by Crippen LogP contribution is -2.23. The molecule has 0 spiro atoms. The molecule has 2 aromatic carbocycles. The van der Waals surface area contributed by atoms with Crippen LogP contribution in [0.3, 0.4) is 0 Å². The van der Waals surface area contributed by atoms with Crippen LogP contribution in [0.25, 0.3) is 22.3 Å². The van der Waals surface area contributed by atoms with Crippen molar-refractivity contribution in [3.8, 4) is 22.3 Å². The Bertz CT molecular complexity index is 971. The minimum absolute atomic E-state index is 0.269. The first kappa shape index (κ1) is 18.0. The Morgan fingerprint density at radius 2 is 1.74 bits per heavy atom. The van der Waals surface area contributed by atoms with Crippen LogP contribution < -0.4 is 0 Å². The minimum atomic E-state index is -0.269. The number of rotatable bonds is 4. The second kappa shape index (κ2) is 7.71. The van der Waals surface area contributed by atoms with Gasteiger partial charge in [-0.05, 0) is 67.8 Å². The molecule has 1 N–H and O–H groups in total. The molecule has 4 rings (SSSR count). The van der Waals surface area contributed by atoms with Crippen LogP contribution in [0, 0.1) is 10.6 Å². The summed E-state index contributed by atoms with van der Waals surface area (Å²) >= 11 is 4.94. The Hall–Kier alpha value is -2.37. The van der Waals surface area contributed by atoms with Gasteiger partial charge in [-0.25, -0.2) is 9.37 Å². The molecule has 138 valence electrons. The Kier molecular flexibility index (Phi) is 5.14. The molecule has 1 fully saturated rings. The number of aromatic amines is 1. The molecular formula is C22H22FN3S. The Labute approximate surface area is 163 Å². The number of halogens is 1. The van der Waals surface area contributed by atoms with Gasteiger partial charge in [0.25, 0.3) is 0 Å². The first-order valence-corrected chi connectivity index (χ1v) is 9.72. The topological polar surface area (TPSA) is 31.9 Å². The van der Waals surface area contributed by atoms with Crippen LogP contribution in [-0.2, 0) is 0 Å². The summed E-state index contributed by atoms with van der Waals surface area (Å²) in [5.41, 5.74) is 4.39. The summed E-state index contributed by atoms with van der Waals surface area (Å²) in [6.45, 7) is 4.61. The average molecular weight is 380 g/mol. The van der Waals surface area contributed by atoms with Gasteiger partial charge < -0.3 is 4.98 Å². The average Bonchev–Trinajstić information content (AvgIpc) is 3.23. The summed E-state index contributed by atoms with van der Waals surface area (Å²) in [5, 5.41) is 0. The van der Waals surface area contributed by atoms with Gasteiger partial charge in [-0.3, -0.25) is 4.90 Å². The van der Waals surface area contributed by atoms with E-state index >= 15 is 0 Å². The van der Waals surface area contributed by atoms with Gasteiger partial charge >= 0.3 is 0 Å². The molecule has 1 aliphatic heterocycles. The van der Waals surface area contributed by atoms with E-state index in [0.717, 1.165) is 11.1 Å². The van der Waals surface area contributed by atoms with E-state index in [4.69, 9.17) is 12.2 Å². The van der Waals surface area contributed by atoms with E-state index in [-0.39, 0.29) is 5.82 Å². The lowest BCUT2D eigenvalue weighted by atomic mass is 9.98. The number of aromatic nitrogens is 2. The second-order valence-electron chi connectivity index (χ2n) is 7.04. The van der Waals surface area contributed by atoms with Gasteiger partial charge in [0.1, 0.15) is 5.82 Å². The third-order valence-electron chi connectivity index (χ3n) is 5.37. The van der Waals surface area contributed by atoms with Crippen molar-refractivity contribution in [3.63, 3.8) is 0 Å². The third-order valence-corrected chi connectivity index (χ3v) is 5.59. The molecule has 5 heteroatoms. The van der Waals surface area contributed by atoms with Crippen molar-refractivity contribution in [2.75, 3.05) is 13.1 Å². The SMILES string of the molecule is CC(c1ccc(-c2ccc(-c3cnc(=S)[nH]c3)c(F)c2)cc1)N1CCCC1. The van der Waals surface area contributed by atoms with Gasteiger partial charge in [0.2, 0.25) is 0 Å². The molecule has 27 heavy (non-hydrogen) atoms. The third kappa shape index (κ3) is 3.84. The maximum Gasteiger partial charge on any atom is 0.196 e. The molecule has 0 amide bonds. The lowest BCUT2D eigenvalue weighted by Gasteiger charge is -2.24. The minimum Gasteiger partial charge on any atom is -0.337 e. The summed E-state index contributed by atoms with van der Waals surface area (Å²) in [6.07, 6.45) is 5.85. The molecule has 0 radical (unpaired) electrons. The maximum absolute atomic E-state index is 14.7. The van der Waals surface area contributed by atoms with Crippen LogP contribution in [-0.4, -0.2) is 28.0 Å². The monoisotopic (exact) mass is 379 g/mol. The molecule has 1 aliphatic rings. The van der Waals surface area contributed by atoms with Gasteiger partial charge in [-0.2, -0.15) is 0 Å². The summed E-state index contributed by atoms with van der Waals surface area (Å²) in [6, 6.07) is 14.2. The van der Waals surface area contributed by atoms with E-state index in [2.05, 4.69) is 46.1 Å². The number of benzene rings is 2. The Balaban J connectivity index is 1.57. The van der Waals surface area contributed by atoms with Gasteiger partial charge in [-0.15, -0.1) is 0 Å². The highest BCUT2D eigenvalue weighted by Crippen LogP contribution is 2.30. The van der Waals surface area contributed by atoms with Gasteiger partial charge in [0.05, 0.1) is 0 Å². The molecule has 1 aromatic heterocycles. The second-order valence-corrected chi connectivity index (χ2v) is 7.43. The van der Waals surface area contributed by atoms with E-state index < -0.39 is 0 Å². The summed E-state index contributed by atoms with van der Waals surface area (Å²) in [7, 11) is 0. The molecule has 0 bridgehead atoms. The number of hydrogen-bond acceptors (Lipinski definition) is 3. The van der Waals surface area contributed by atoms with Crippen molar-refractivity contribution in [3.05, 3.63) is 71.0 Å². The van der Waals surface area contributed by atoms with Crippen LogP contribution in [0.2, 0.25) is 0 Å². The smallest absolute Gasteiger partial charge is 0.196 e. The van der Waals surface area contributed by atoms with Crippen molar-refractivity contribution in [2.24, 2.45) is 0 Å². The number of nitrogens with zero attached hydrogens (tertiary/aromatic N) is 2. The van der Waals surface area contributed by atoms with E-state index in [1.165, 1.54) is 31.5 Å². The fraction of sp³-hybridized carbons (Fsp3) is 0.273. The van der Waals surface area contributed by atoms with Crippen LogP contribution in [0.15, 0.2) is 54.9 Å². The largest absolute Gasteiger partial charge is 0.337 e. The lowest BCUT2D eigenvalue weighted by molar-refractivity contribution is 0.263. The highest BCUT2D eigenvalue weighted by molar-refractivity contribution is 7.71. The van der Waals surface area contributed by atoms with E-state index in [0.29, 0.717) is 21.9 Å². The van der Waals surface area contributed by atoms with Crippen molar-refractivity contribution in [1.82, 2.24) is 14.9 Å². The van der Waals surface area contributed by atoms with Crippen molar-refractivity contribution >= 4 is 12.2 Å². The number of nitrogens with one attached hydrogen (secondary N) is 1. The van der Waals surface area contributed by atoms with E-state index in [1.54, 1.807) is 24.5 Å². The Morgan fingerprint density at radius 1 is 1.04 bits per heavy atom. The van der Waals surface area contributed by atoms with Gasteiger partial charge in [-0.1, -0.05) is 36.4 Å². The van der Waals surface area contributed by atoms with Gasteiger partial charge in [0.15, 0.2) is 4.77 Å². The fourth-order valence-electron chi connectivity index (χ4n) is 3.71. The zero-order chi connectivity index (χ0) is 18.8. The molecule has 1 saturated heterocycles. The molecule has 1 atom stereocenters. The van der Waals surface area contributed by atoms with Crippen LogP contribution in [0.4, 0.5) is 4.39 Å². The molecule has 2 heterocycles. The molecule has 0 saturated carbocycles. The van der Waals surface area contributed by atoms with Crippen molar-refractivity contribution < 1.29 is 4.39 Å². The first-order valence-electron chi connectivity index (χ1n) is 9.31. The Morgan fingerprint density at radius 3 is 2.37 bits per heavy atom. The van der Waals surface area contributed by atoms with Crippen LogP contribution >= 0.6 is 12.2 Å². The molecular weight excluding hydrogens is 357 g/mol. The maximum atomic E-state index is 14.7. The van der Waals surface area contributed by atoms with Crippen LogP contribution in [0.5, 0.6) is 0 Å². The van der Waals surface area contributed by atoms with Gasteiger partial charge in [0, 0.05) is 29.6 Å². The predicted octanol–water partition coefficient (Wildman–Crippen LogP) is 5.77. The standard InChI is InChI=1S/C22H22FN3S/c1-15(26-10-2-3-11-26)16-4-6-17(7-5-16)18-8-9-20(21(23)12-18)19-13-24-22(27)25-14-19/h4-9,12-15H,2-3,10-11H2,1H3,(H,24,25,27). The van der Waals surface area contributed by atoms with Crippen molar-refractivity contribution in [1.29, 1.82) is 0 Å². The van der Waals surface area contributed by atoms with E-state index in [1.807, 2.05) is 6.07 Å². The fourth-order valence-corrected chi connectivity index (χ4v) is 3.82. The molecule has 1 unspecified atom stereocenters. The first-order chi connectivity index (χ1) is 13.1. The molecule has 3 nitrogen and oxygen atoms in total. The zero-order valence-electron chi connectivity index (χ0n) is 15.3. The quantitative estimate of drug-likeness (QED) is 0.584. The summed E-state index contributed by atoms with van der Waals surface area (Å²) in [5.74, 6) is -0.269. The zero-order valence-corrected chi connectivity index (χ0v) is 16.1. The summed E-state index contributed by atoms with van der Waals surface area (Å²) < 4.78 is 15.0. The number of hydrogen-bond donors (Lipinski definition) is 1. The van der Waals surface area contributed by atoms with E-state index in [9.17, 15) is 4.39 Å². The van der Waals surface area contributed by atoms with Crippen LogP contribution in [0.1, 0.15) is 31.4 Å². The number of likely N-dealkylation sites (tertiary alicyclic amines) is 1. The highest BCUT2D eigenvalue weighted by atomic mass is 32.1. The number of H-pyrrole nitrogens is 1. The summed E-state index contributed by atoms with van der Waals surface area (Å²) in [4.78, 5) is 9.39. The van der Waals surface area contributed by atoms with Crippen molar-refractivity contribution in [2.45, 2.75) is 25.8 Å².